The number of Topliss-reactive ketones (excluding diaryl/α,β-unsaturated/α-hetero) is 1. The molecule has 0 spiro atoms. The van der Waals surface area contributed by atoms with Crippen LogP contribution >= 0.6 is 33.9 Å². The summed E-state index contributed by atoms with van der Waals surface area (Å²) in [6, 6.07) is 9.60. The molecule has 0 bridgehead atoms. The summed E-state index contributed by atoms with van der Waals surface area (Å²) >= 11 is 3.88. The van der Waals surface area contributed by atoms with Crippen molar-refractivity contribution < 1.29 is 9.53 Å². The summed E-state index contributed by atoms with van der Waals surface area (Å²) < 4.78 is 6.64. The third-order valence-electron chi connectivity index (χ3n) is 2.52. The number of thiophene rings is 1. The minimum atomic E-state index is 0.0374. The van der Waals surface area contributed by atoms with Crippen molar-refractivity contribution in [1.82, 2.24) is 0 Å². The molecule has 0 saturated carbocycles. The molecule has 1 aromatic heterocycles. The SMILES string of the molecule is Cc1cc(C(=O)COc2ccc(I)cc2)c(C)s1. The average molecular weight is 372 g/mol. The van der Waals surface area contributed by atoms with Crippen LogP contribution in [0.15, 0.2) is 30.3 Å². The molecule has 4 heteroatoms. The number of carbonyl (C=O) groups is 1. The molecule has 0 amide bonds. The Morgan fingerprint density at radius 2 is 1.94 bits per heavy atom. The summed E-state index contributed by atoms with van der Waals surface area (Å²) in [7, 11) is 0. The smallest absolute Gasteiger partial charge is 0.201 e. The Hall–Kier alpha value is -0.880. The molecule has 0 unspecified atom stereocenters. The Morgan fingerprint density at radius 1 is 1.28 bits per heavy atom. The van der Waals surface area contributed by atoms with E-state index in [0.717, 1.165) is 24.6 Å². The maximum absolute atomic E-state index is 12.0. The first kappa shape index (κ1) is 13.5. The summed E-state index contributed by atoms with van der Waals surface area (Å²) in [5.74, 6) is 0.767. The van der Waals surface area contributed by atoms with Gasteiger partial charge in [-0.25, -0.2) is 0 Å². The van der Waals surface area contributed by atoms with Crippen molar-refractivity contribution in [2.45, 2.75) is 13.8 Å². The van der Waals surface area contributed by atoms with E-state index in [-0.39, 0.29) is 12.4 Å². The van der Waals surface area contributed by atoms with E-state index in [1.165, 1.54) is 0 Å². The van der Waals surface area contributed by atoms with Crippen LogP contribution in [0.3, 0.4) is 0 Å². The van der Waals surface area contributed by atoms with E-state index < -0.39 is 0 Å². The Bertz CT molecular complexity index is 558. The van der Waals surface area contributed by atoms with Gasteiger partial charge < -0.3 is 4.74 Å². The molecule has 0 fully saturated rings. The minimum Gasteiger partial charge on any atom is -0.485 e. The van der Waals surface area contributed by atoms with Crippen molar-refractivity contribution in [2.24, 2.45) is 0 Å². The third-order valence-corrected chi connectivity index (χ3v) is 4.21. The van der Waals surface area contributed by atoms with Gasteiger partial charge in [-0.2, -0.15) is 0 Å². The van der Waals surface area contributed by atoms with Crippen LogP contribution < -0.4 is 4.74 Å². The van der Waals surface area contributed by atoms with E-state index >= 15 is 0 Å². The molecule has 0 saturated heterocycles. The zero-order chi connectivity index (χ0) is 13.1. The Balaban J connectivity index is 2.00. The molecular weight excluding hydrogens is 359 g/mol. The van der Waals surface area contributed by atoms with Gasteiger partial charge in [-0.15, -0.1) is 11.3 Å². The molecule has 2 rings (SSSR count). The molecule has 0 radical (unpaired) electrons. The lowest BCUT2D eigenvalue weighted by Gasteiger charge is -2.05. The van der Waals surface area contributed by atoms with Gasteiger partial charge in [0.1, 0.15) is 5.75 Å². The van der Waals surface area contributed by atoms with Gasteiger partial charge in [0.15, 0.2) is 6.61 Å². The molecule has 0 aliphatic rings. The van der Waals surface area contributed by atoms with Gasteiger partial charge in [0.25, 0.3) is 0 Å². The normalized spacial score (nSPS) is 10.4. The van der Waals surface area contributed by atoms with E-state index in [4.69, 9.17) is 4.74 Å². The molecule has 2 nitrogen and oxygen atoms in total. The van der Waals surface area contributed by atoms with E-state index in [0.29, 0.717) is 0 Å². The summed E-state index contributed by atoms with van der Waals surface area (Å²) in [4.78, 5) is 14.2. The van der Waals surface area contributed by atoms with E-state index in [2.05, 4.69) is 22.6 Å². The standard InChI is InChI=1S/C14H13IO2S/c1-9-7-13(10(2)18-9)14(16)8-17-12-5-3-11(15)4-6-12/h3-7H,8H2,1-2H3. The molecule has 0 N–H and O–H groups in total. The number of carbonyl (C=O) groups excluding carboxylic acids is 1. The number of halogens is 1. The second-order valence-corrected chi connectivity index (χ2v) is 6.70. The second kappa shape index (κ2) is 5.84. The molecule has 94 valence electrons. The summed E-state index contributed by atoms with van der Waals surface area (Å²) in [5.41, 5.74) is 0.781. The lowest BCUT2D eigenvalue weighted by molar-refractivity contribution is 0.0921. The number of hydrogen-bond donors (Lipinski definition) is 0. The predicted octanol–water partition coefficient (Wildman–Crippen LogP) is 4.23. The van der Waals surface area contributed by atoms with Gasteiger partial charge in [-0.3, -0.25) is 4.79 Å². The van der Waals surface area contributed by atoms with Gasteiger partial charge >= 0.3 is 0 Å². The van der Waals surface area contributed by atoms with Gasteiger partial charge in [-0.05, 0) is 66.8 Å². The predicted molar refractivity (Wildman–Crippen MR) is 82.8 cm³/mol. The van der Waals surface area contributed by atoms with Crippen molar-refractivity contribution in [3.05, 3.63) is 49.2 Å². The second-order valence-electron chi connectivity index (χ2n) is 3.99. The lowest BCUT2D eigenvalue weighted by atomic mass is 10.2. The van der Waals surface area contributed by atoms with Crippen molar-refractivity contribution in [3.8, 4) is 5.75 Å². The quantitative estimate of drug-likeness (QED) is 0.593. The van der Waals surface area contributed by atoms with Crippen molar-refractivity contribution >= 4 is 39.7 Å². The molecule has 2 aromatic rings. The number of ether oxygens (including phenoxy) is 1. The van der Waals surface area contributed by atoms with Crippen LogP contribution in [0, 0.1) is 17.4 Å². The van der Waals surface area contributed by atoms with Crippen LogP contribution in [0.25, 0.3) is 0 Å². The summed E-state index contributed by atoms with van der Waals surface area (Å²) in [6.45, 7) is 4.07. The molecule has 0 aliphatic heterocycles. The minimum absolute atomic E-state index is 0.0374. The number of hydrogen-bond acceptors (Lipinski definition) is 3. The topological polar surface area (TPSA) is 26.3 Å². The summed E-state index contributed by atoms with van der Waals surface area (Å²) in [5, 5.41) is 0. The van der Waals surface area contributed by atoms with Gasteiger partial charge in [-0.1, -0.05) is 0 Å². The first-order chi connectivity index (χ1) is 8.56. The summed E-state index contributed by atoms with van der Waals surface area (Å²) in [6.07, 6.45) is 0. The first-order valence-electron chi connectivity index (χ1n) is 5.55. The Labute approximate surface area is 124 Å². The number of ketones is 1. The third kappa shape index (κ3) is 3.32. The molecule has 0 aliphatic carbocycles. The van der Waals surface area contributed by atoms with Gasteiger partial charge in [0.05, 0.1) is 0 Å². The highest BCUT2D eigenvalue weighted by Crippen LogP contribution is 2.21. The Morgan fingerprint density at radius 3 is 2.50 bits per heavy atom. The van der Waals surface area contributed by atoms with E-state index in [1.807, 2.05) is 44.2 Å². The Kier molecular flexibility index (Phi) is 4.40. The first-order valence-corrected chi connectivity index (χ1v) is 7.44. The lowest BCUT2D eigenvalue weighted by Crippen LogP contribution is -2.11. The zero-order valence-electron chi connectivity index (χ0n) is 10.2. The average Bonchev–Trinajstić information content (AvgIpc) is 2.67. The van der Waals surface area contributed by atoms with E-state index in [9.17, 15) is 4.79 Å². The van der Waals surface area contributed by atoms with Crippen LogP contribution in [0.5, 0.6) is 5.75 Å². The van der Waals surface area contributed by atoms with E-state index in [1.54, 1.807) is 11.3 Å². The number of benzene rings is 1. The molecule has 1 aromatic carbocycles. The maximum atomic E-state index is 12.0. The van der Waals surface area contributed by atoms with Gasteiger partial charge in [0, 0.05) is 18.9 Å². The van der Waals surface area contributed by atoms with Crippen LogP contribution in [0.1, 0.15) is 20.1 Å². The molecule has 0 atom stereocenters. The van der Waals surface area contributed by atoms with Crippen LogP contribution in [0.2, 0.25) is 0 Å². The highest BCUT2D eigenvalue weighted by Gasteiger charge is 2.12. The van der Waals surface area contributed by atoms with Gasteiger partial charge in [0.2, 0.25) is 5.78 Å². The monoisotopic (exact) mass is 372 g/mol. The van der Waals surface area contributed by atoms with Crippen LogP contribution in [0.4, 0.5) is 0 Å². The highest BCUT2D eigenvalue weighted by molar-refractivity contribution is 14.1. The van der Waals surface area contributed by atoms with Crippen LogP contribution in [-0.2, 0) is 0 Å². The van der Waals surface area contributed by atoms with Crippen molar-refractivity contribution in [3.63, 3.8) is 0 Å². The highest BCUT2D eigenvalue weighted by atomic mass is 127. The van der Waals surface area contributed by atoms with Crippen molar-refractivity contribution in [1.29, 1.82) is 0 Å². The fraction of sp³-hybridized carbons (Fsp3) is 0.214. The largest absolute Gasteiger partial charge is 0.485 e. The maximum Gasteiger partial charge on any atom is 0.201 e. The van der Waals surface area contributed by atoms with Crippen molar-refractivity contribution in [2.75, 3.05) is 6.61 Å². The zero-order valence-corrected chi connectivity index (χ0v) is 13.2. The molecule has 18 heavy (non-hydrogen) atoms. The van der Waals surface area contributed by atoms with Crippen LogP contribution in [-0.4, -0.2) is 12.4 Å². The number of aryl methyl sites for hydroxylation is 2. The molecular formula is C14H13IO2S. The fourth-order valence-corrected chi connectivity index (χ4v) is 2.97. The fourth-order valence-electron chi connectivity index (χ4n) is 1.67. The number of rotatable bonds is 4. The molecule has 1 heterocycles.